The Morgan fingerprint density at radius 1 is 1.13 bits per heavy atom. The maximum absolute atomic E-state index is 14.0. The molecule has 2 aromatic carbocycles. The molecule has 30 heavy (non-hydrogen) atoms. The number of hydrogen-bond donors (Lipinski definition) is 1. The molecule has 0 atom stereocenters. The second kappa shape index (κ2) is 10.4. The number of halogens is 2. The van der Waals surface area contributed by atoms with Crippen molar-refractivity contribution in [2.75, 3.05) is 30.3 Å². The number of para-hydroxylation sites is 1. The first-order chi connectivity index (χ1) is 14.1. The largest absolute Gasteiger partial charge is 0.491 e. The highest BCUT2D eigenvalue weighted by molar-refractivity contribution is 7.92. The van der Waals surface area contributed by atoms with Gasteiger partial charge < -0.3 is 10.1 Å². The summed E-state index contributed by atoms with van der Waals surface area (Å²) < 4.78 is 58.2. The second-order valence-electron chi connectivity index (χ2n) is 6.98. The zero-order valence-electron chi connectivity index (χ0n) is 17.2. The molecule has 1 amide bonds. The van der Waals surface area contributed by atoms with Crippen molar-refractivity contribution >= 4 is 21.6 Å². The van der Waals surface area contributed by atoms with E-state index in [1.165, 1.54) is 0 Å². The minimum absolute atomic E-state index is 0.00561. The van der Waals surface area contributed by atoms with E-state index < -0.39 is 27.3 Å². The molecule has 164 valence electrons. The van der Waals surface area contributed by atoms with Crippen LogP contribution in [0.5, 0.6) is 5.75 Å². The summed E-state index contributed by atoms with van der Waals surface area (Å²) in [6.07, 6.45) is 0.972. The van der Waals surface area contributed by atoms with Gasteiger partial charge in [-0.25, -0.2) is 17.2 Å². The Morgan fingerprint density at radius 2 is 1.80 bits per heavy atom. The number of carbonyl (C=O) groups is 1. The first-order valence-electron chi connectivity index (χ1n) is 9.48. The molecule has 2 aromatic rings. The van der Waals surface area contributed by atoms with E-state index in [-0.39, 0.29) is 38.4 Å². The van der Waals surface area contributed by atoms with Crippen molar-refractivity contribution in [3.63, 3.8) is 0 Å². The van der Waals surface area contributed by atoms with Crippen molar-refractivity contribution in [2.24, 2.45) is 0 Å². The van der Waals surface area contributed by atoms with E-state index in [1.54, 1.807) is 0 Å². The van der Waals surface area contributed by atoms with E-state index in [1.807, 2.05) is 32.0 Å². The first-order valence-corrected chi connectivity index (χ1v) is 11.3. The molecule has 6 nitrogen and oxygen atoms in total. The molecular weight excluding hydrogens is 414 g/mol. The molecule has 0 heterocycles. The van der Waals surface area contributed by atoms with Gasteiger partial charge in [-0.1, -0.05) is 23.8 Å². The SMILES string of the molecule is Cc1ccc(OCCNC(=O)CCCN(c2c(F)cccc2F)S(C)(=O)=O)c(C)c1. The summed E-state index contributed by atoms with van der Waals surface area (Å²) in [5, 5.41) is 2.68. The molecule has 1 N–H and O–H groups in total. The van der Waals surface area contributed by atoms with E-state index in [9.17, 15) is 22.0 Å². The summed E-state index contributed by atoms with van der Waals surface area (Å²) in [7, 11) is -3.92. The number of anilines is 1. The summed E-state index contributed by atoms with van der Waals surface area (Å²) in [5.41, 5.74) is 1.50. The highest BCUT2D eigenvalue weighted by Crippen LogP contribution is 2.25. The van der Waals surface area contributed by atoms with Gasteiger partial charge in [0.1, 0.15) is 18.0 Å². The van der Waals surface area contributed by atoms with E-state index in [4.69, 9.17) is 4.74 Å². The van der Waals surface area contributed by atoms with E-state index in [2.05, 4.69) is 5.32 Å². The van der Waals surface area contributed by atoms with Gasteiger partial charge in [0.15, 0.2) is 11.6 Å². The van der Waals surface area contributed by atoms with Crippen molar-refractivity contribution in [2.45, 2.75) is 26.7 Å². The molecule has 2 rings (SSSR count). The summed E-state index contributed by atoms with van der Waals surface area (Å²) >= 11 is 0. The van der Waals surface area contributed by atoms with Crippen molar-refractivity contribution in [3.8, 4) is 5.75 Å². The lowest BCUT2D eigenvalue weighted by Crippen LogP contribution is -2.34. The number of sulfonamides is 1. The monoisotopic (exact) mass is 440 g/mol. The Labute approximate surface area is 175 Å². The van der Waals surface area contributed by atoms with Crippen LogP contribution in [0.1, 0.15) is 24.0 Å². The number of hydrogen-bond acceptors (Lipinski definition) is 4. The summed E-state index contributed by atoms with van der Waals surface area (Å²) in [4.78, 5) is 12.0. The first kappa shape index (κ1) is 23.6. The summed E-state index contributed by atoms with van der Waals surface area (Å²) in [6, 6.07) is 8.93. The van der Waals surface area contributed by atoms with Crippen LogP contribution in [0, 0.1) is 25.5 Å². The number of ether oxygens (including phenoxy) is 1. The van der Waals surface area contributed by atoms with Gasteiger partial charge in [0, 0.05) is 13.0 Å². The fourth-order valence-corrected chi connectivity index (χ4v) is 3.92. The predicted octanol–water partition coefficient (Wildman–Crippen LogP) is 3.32. The van der Waals surface area contributed by atoms with Crippen molar-refractivity contribution in [1.82, 2.24) is 5.32 Å². The van der Waals surface area contributed by atoms with Gasteiger partial charge in [-0.2, -0.15) is 0 Å². The molecule has 0 aliphatic carbocycles. The molecule has 0 saturated carbocycles. The minimum Gasteiger partial charge on any atom is -0.491 e. The number of benzene rings is 2. The average Bonchev–Trinajstić information content (AvgIpc) is 2.64. The zero-order chi connectivity index (χ0) is 22.3. The predicted molar refractivity (Wildman–Crippen MR) is 112 cm³/mol. The Hall–Kier alpha value is -2.68. The lowest BCUT2D eigenvalue weighted by molar-refractivity contribution is -0.121. The summed E-state index contributed by atoms with van der Waals surface area (Å²) in [6.45, 7) is 4.27. The van der Waals surface area contributed by atoms with Crippen LogP contribution in [0.15, 0.2) is 36.4 Å². The van der Waals surface area contributed by atoms with Gasteiger partial charge in [0.25, 0.3) is 0 Å². The quantitative estimate of drug-likeness (QED) is 0.575. The smallest absolute Gasteiger partial charge is 0.232 e. The minimum atomic E-state index is -3.92. The number of amides is 1. The van der Waals surface area contributed by atoms with Crippen molar-refractivity contribution < 1.29 is 26.7 Å². The Balaban J connectivity index is 1.82. The molecule has 0 aliphatic rings. The number of aryl methyl sites for hydroxylation is 2. The molecule has 0 bridgehead atoms. The lowest BCUT2D eigenvalue weighted by atomic mass is 10.1. The number of rotatable bonds is 10. The fourth-order valence-electron chi connectivity index (χ4n) is 2.96. The van der Waals surface area contributed by atoms with Crippen LogP contribution < -0.4 is 14.4 Å². The molecular formula is C21H26F2N2O4S. The molecule has 0 fully saturated rings. The molecule has 0 radical (unpaired) electrons. The van der Waals surface area contributed by atoms with Crippen LogP contribution >= 0.6 is 0 Å². The number of nitrogens with one attached hydrogen (secondary N) is 1. The highest BCUT2D eigenvalue weighted by atomic mass is 32.2. The Kier molecular flexibility index (Phi) is 8.16. The van der Waals surface area contributed by atoms with Crippen LogP contribution in [0.3, 0.4) is 0 Å². The molecule has 0 unspecified atom stereocenters. The average molecular weight is 441 g/mol. The zero-order valence-corrected chi connectivity index (χ0v) is 18.1. The number of carbonyl (C=O) groups excluding carboxylic acids is 1. The van der Waals surface area contributed by atoms with Crippen LogP contribution in [-0.4, -0.2) is 40.3 Å². The fraction of sp³-hybridized carbons (Fsp3) is 0.381. The van der Waals surface area contributed by atoms with Crippen molar-refractivity contribution in [1.29, 1.82) is 0 Å². The van der Waals surface area contributed by atoms with Crippen LogP contribution in [0.2, 0.25) is 0 Å². The van der Waals surface area contributed by atoms with Gasteiger partial charge in [0.05, 0.1) is 12.8 Å². The lowest BCUT2D eigenvalue weighted by Gasteiger charge is -2.23. The van der Waals surface area contributed by atoms with Crippen LogP contribution in [-0.2, 0) is 14.8 Å². The van der Waals surface area contributed by atoms with Gasteiger partial charge in [-0.3, -0.25) is 9.10 Å². The third-order valence-electron chi connectivity index (χ3n) is 4.36. The summed E-state index contributed by atoms with van der Waals surface area (Å²) in [5.74, 6) is -1.52. The van der Waals surface area contributed by atoms with Gasteiger partial charge in [-0.05, 0) is 44.0 Å². The molecule has 9 heteroatoms. The second-order valence-corrected chi connectivity index (χ2v) is 8.88. The van der Waals surface area contributed by atoms with Crippen molar-refractivity contribution in [3.05, 3.63) is 59.2 Å². The Bertz CT molecular complexity index is 976. The van der Waals surface area contributed by atoms with Gasteiger partial charge in [-0.15, -0.1) is 0 Å². The van der Waals surface area contributed by atoms with Gasteiger partial charge >= 0.3 is 0 Å². The van der Waals surface area contributed by atoms with E-state index in [0.29, 0.717) is 4.31 Å². The molecule has 0 aliphatic heterocycles. The van der Waals surface area contributed by atoms with E-state index in [0.717, 1.165) is 41.3 Å². The van der Waals surface area contributed by atoms with Crippen LogP contribution in [0.25, 0.3) is 0 Å². The molecule has 0 spiro atoms. The normalized spacial score (nSPS) is 11.2. The van der Waals surface area contributed by atoms with Gasteiger partial charge in [0.2, 0.25) is 15.9 Å². The topological polar surface area (TPSA) is 75.7 Å². The maximum atomic E-state index is 14.0. The van der Waals surface area contributed by atoms with E-state index >= 15 is 0 Å². The van der Waals surface area contributed by atoms with Crippen LogP contribution in [0.4, 0.5) is 14.5 Å². The maximum Gasteiger partial charge on any atom is 0.232 e. The Morgan fingerprint density at radius 3 is 2.40 bits per heavy atom. The highest BCUT2D eigenvalue weighted by Gasteiger charge is 2.24. The third kappa shape index (κ3) is 6.69. The third-order valence-corrected chi connectivity index (χ3v) is 5.53. The molecule has 0 aromatic heterocycles. The number of nitrogens with zero attached hydrogens (tertiary/aromatic N) is 1. The molecule has 0 saturated heterocycles. The standard InChI is InChI=1S/C21H26F2N2O4S/c1-15-9-10-19(16(2)14-15)29-13-11-24-20(26)8-5-12-25(30(3,27)28)21-17(22)6-4-7-18(21)23/h4,6-7,9-10,14H,5,8,11-13H2,1-3H3,(H,24,26).